The average molecular weight is 280 g/mol. The molecule has 0 radical (unpaired) electrons. The van der Waals surface area contributed by atoms with E-state index < -0.39 is 0 Å². The van der Waals surface area contributed by atoms with Crippen LogP contribution in [0.15, 0.2) is 30.6 Å². The molecule has 1 unspecified atom stereocenters. The number of rotatable bonds is 5. The number of hydrogen-bond donors (Lipinski definition) is 1. The van der Waals surface area contributed by atoms with Crippen LogP contribution in [0.4, 0.5) is 0 Å². The number of halogens is 1. The highest BCUT2D eigenvalue weighted by molar-refractivity contribution is 6.31. The lowest BCUT2D eigenvalue weighted by Crippen LogP contribution is -2.18. The molecule has 2 rings (SSSR count). The summed E-state index contributed by atoms with van der Waals surface area (Å²) < 4.78 is 7.12. The van der Waals surface area contributed by atoms with Gasteiger partial charge in [-0.2, -0.15) is 5.10 Å². The first-order valence-corrected chi connectivity index (χ1v) is 6.53. The van der Waals surface area contributed by atoms with Crippen LogP contribution in [0.5, 0.6) is 5.75 Å². The lowest BCUT2D eigenvalue weighted by Gasteiger charge is -2.15. The highest BCUT2D eigenvalue weighted by Gasteiger charge is 2.11. The third-order valence-electron chi connectivity index (χ3n) is 3.11. The molecular weight excluding hydrogens is 262 g/mol. The normalized spacial score (nSPS) is 12.4. The first-order valence-electron chi connectivity index (χ1n) is 6.15. The molecule has 5 heteroatoms. The van der Waals surface area contributed by atoms with Crippen LogP contribution in [-0.4, -0.2) is 16.9 Å². The van der Waals surface area contributed by atoms with Crippen molar-refractivity contribution in [2.75, 3.05) is 7.11 Å². The molecular formula is C14H18ClN3O. The largest absolute Gasteiger partial charge is 0.496 e. The second-order valence-corrected chi connectivity index (χ2v) is 4.88. The molecule has 2 aromatic rings. The summed E-state index contributed by atoms with van der Waals surface area (Å²) in [6, 6.07) is 5.87. The Bertz CT molecular complexity index is 553. The van der Waals surface area contributed by atoms with Gasteiger partial charge in [-0.05, 0) is 19.1 Å². The molecule has 4 nitrogen and oxygen atoms in total. The lowest BCUT2D eigenvalue weighted by molar-refractivity contribution is 0.406. The van der Waals surface area contributed by atoms with Gasteiger partial charge in [-0.15, -0.1) is 0 Å². The number of methoxy groups -OCH3 is 1. The Morgan fingerprint density at radius 1 is 1.47 bits per heavy atom. The summed E-state index contributed by atoms with van der Waals surface area (Å²) in [5.74, 6) is 0.804. The highest BCUT2D eigenvalue weighted by atomic mass is 35.5. The van der Waals surface area contributed by atoms with E-state index >= 15 is 0 Å². The van der Waals surface area contributed by atoms with Crippen LogP contribution in [0.25, 0.3) is 0 Å². The fraction of sp³-hybridized carbons (Fsp3) is 0.357. The van der Waals surface area contributed by atoms with Gasteiger partial charge in [0, 0.05) is 42.0 Å². The number of aromatic nitrogens is 2. The molecule has 0 aliphatic heterocycles. The van der Waals surface area contributed by atoms with Crippen LogP contribution < -0.4 is 10.1 Å². The van der Waals surface area contributed by atoms with Gasteiger partial charge in [-0.1, -0.05) is 17.7 Å². The molecule has 1 atom stereocenters. The van der Waals surface area contributed by atoms with E-state index in [1.54, 1.807) is 11.8 Å². The molecule has 1 heterocycles. The summed E-state index contributed by atoms with van der Waals surface area (Å²) in [5.41, 5.74) is 2.12. The van der Waals surface area contributed by atoms with Gasteiger partial charge in [0.25, 0.3) is 0 Å². The SMILES string of the molecule is COc1cccc(Cl)c1CNC(C)c1cnn(C)c1. The lowest BCUT2D eigenvalue weighted by atomic mass is 10.1. The van der Waals surface area contributed by atoms with E-state index in [4.69, 9.17) is 16.3 Å². The van der Waals surface area contributed by atoms with Gasteiger partial charge in [0.2, 0.25) is 0 Å². The third-order valence-corrected chi connectivity index (χ3v) is 3.46. The molecule has 0 amide bonds. The van der Waals surface area contributed by atoms with E-state index in [-0.39, 0.29) is 6.04 Å². The molecule has 19 heavy (non-hydrogen) atoms. The molecule has 0 fully saturated rings. The number of ether oxygens (including phenoxy) is 1. The zero-order chi connectivity index (χ0) is 13.8. The van der Waals surface area contributed by atoms with Gasteiger partial charge < -0.3 is 10.1 Å². The first kappa shape index (κ1) is 13.9. The molecule has 1 N–H and O–H groups in total. The predicted molar refractivity (Wildman–Crippen MR) is 76.5 cm³/mol. The highest BCUT2D eigenvalue weighted by Crippen LogP contribution is 2.26. The zero-order valence-electron chi connectivity index (χ0n) is 11.4. The quantitative estimate of drug-likeness (QED) is 0.915. The monoisotopic (exact) mass is 279 g/mol. The van der Waals surface area contributed by atoms with E-state index in [9.17, 15) is 0 Å². The van der Waals surface area contributed by atoms with Crippen molar-refractivity contribution in [3.8, 4) is 5.75 Å². The van der Waals surface area contributed by atoms with Gasteiger partial charge in [-0.25, -0.2) is 0 Å². The van der Waals surface area contributed by atoms with Gasteiger partial charge in [0.05, 0.1) is 13.3 Å². The maximum absolute atomic E-state index is 6.21. The summed E-state index contributed by atoms with van der Waals surface area (Å²) in [7, 11) is 3.56. The Morgan fingerprint density at radius 2 is 2.26 bits per heavy atom. The van der Waals surface area contributed by atoms with Gasteiger partial charge >= 0.3 is 0 Å². The van der Waals surface area contributed by atoms with E-state index in [1.165, 1.54) is 0 Å². The van der Waals surface area contributed by atoms with E-state index in [1.807, 2.05) is 37.6 Å². The third kappa shape index (κ3) is 3.28. The van der Waals surface area contributed by atoms with E-state index in [2.05, 4.69) is 17.3 Å². The fourth-order valence-corrected chi connectivity index (χ4v) is 2.17. The molecule has 0 bridgehead atoms. The Balaban J connectivity index is 2.06. The molecule has 0 spiro atoms. The molecule has 1 aromatic heterocycles. The van der Waals surface area contributed by atoms with Crippen molar-refractivity contribution in [2.24, 2.45) is 7.05 Å². The minimum atomic E-state index is 0.203. The van der Waals surface area contributed by atoms with Crippen LogP contribution in [-0.2, 0) is 13.6 Å². The summed E-state index contributed by atoms with van der Waals surface area (Å²) in [5, 5.41) is 8.31. The van der Waals surface area contributed by atoms with Crippen molar-refractivity contribution in [3.63, 3.8) is 0 Å². The van der Waals surface area contributed by atoms with Crippen LogP contribution in [0, 0.1) is 0 Å². The van der Waals surface area contributed by atoms with Gasteiger partial charge in [0.15, 0.2) is 0 Å². The molecule has 0 aliphatic rings. The summed E-state index contributed by atoms with van der Waals surface area (Å²) in [6.45, 7) is 2.75. The number of hydrogen-bond acceptors (Lipinski definition) is 3. The molecule has 102 valence electrons. The minimum Gasteiger partial charge on any atom is -0.496 e. The maximum atomic E-state index is 6.21. The fourth-order valence-electron chi connectivity index (χ4n) is 1.94. The maximum Gasteiger partial charge on any atom is 0.124 e. The van der Waals surface area contributed by atoms with E-state index in [0.717, 1.165) is 16.9 Å². The van der Waals surface area contributed by atoms with Crippen molar-refractivity contribution in [1.29, 1.82) is 0 Å². The molecule has 0 saturated heterocycles. The average Bonchev–Trinajstić information content (AvgIpc) is 2.83. The topological polar surface area (TPSA) is 39.1 Å². The zero-order valence-corrected chi connectivity index (χ0v) is 12.1. The van der Waals surface area contributed by atoms with Crippen LogP contribution in [0.2, 0.25) is 5.02 Å². The molecule has 1 aromatic carbocycles. The minimum absolute atomic E-state index is 0.203. The summed E-state index contributed by atoms with van der Waals surface area (Å²) >= 11 is 6.21. The van der Waals surface area contributed by atoms with E-state index in [0.29, 0.717) is 11.6 Å². The predicted octanol–water partition coefficient (Wildman–Crippen LogP) is 2.93. The molecule has 0 saturated carbocycles. The first-order chi connectivity index (χ1) is 9.11. The number of nitrogens with zero attached hydrogens (tertiary/aromatic N) is 2. The smallest absolute Gasteiger partial charge is 0.124 e. The van der Waals surface area contributed by atoms with Crippen LogP contribution in [0.3, 0.4) is 0 Å². The standard InChI is InChI=1S/C14H18ClN3O/c1-10(11-7-17-18(2)9-11)16-8-12-13(15)5-4-6-14(12)19-3/h4-7,9-10,16H,8H2,1-3H3. The number of aryl methyl sites for hydroxylation is 1. The second-order valence-electron chi connectivity index (χ2n) is 4.47. The van der Waals surface area contributed by atoms with Crippen LogP contribution in [0.1, 0.15) is 24.1 Å². The van der Waals surface area contributed by atoms with Crippen molar-refractivity contribution in [1.82, 2.24) is 15.1 Å². The van der Waals surface area contributed by atoms with Crippen molar-refractivity contribution in [3.05, 3.63) is 46.7 Å². The number of benzene rings is 1. The molecule has 0 aliphatic carbocycles. The van der Waals surface area contributed by atoms with Crippen molar-refractivity contribution < 1.29 is 4.74 Å². The summed E-state index contributed by atoms with van der Waals surface area (Å²) in [4.78, 5) is 0. The van der Waals surface area contributed by atoms with Crippen LogP contribution >= 0.6 is 11.6 Å². The number of nitrogens with one attached hydrogen (secondary N) is 1. The Kier molecular flexibility index (Phi) is 4.45. The Labute approximate surface area is 118 Å². The van der Waals surface area contributed by atoms with Crippen molar-refractivity contribution in [2.45, 2.75) is 19.5 Å². The Morgan fingerprint density at radius 3 is 2.89 bits per heavy atom. The van der Waals surface area contributed by atoms with Crippen molar-refractivity contribution >= 4 is 11.6 Å². The summed E-state index contributed by atoms with van der Waals surface area (Å²) in [6.07, 6.45) is 3.86. The van der Waals surface area contributed by atoms with Gasteiger partial charge in [0.1, 0.15) is 5.75 Å². The van der Waals surface area contributed by atoms with Gasteiger partial charge in [-0.3, -0.25) is 4.68 Å². The Hall–Kier alpha value is -1.52. The second kappa shape index (κ2) is 6.08.